The lowest BCUT2D eigenvalue weighted by Crippen LogP contribution is -1.76. The van der Waals surface area contributed by atoms with Crippen molar-refractivity contribution < 1.29 is 5.11 Å². The fraction of sp³-hybridized carbons (Fsp3) is 0.143. The average molecular weight is 104 g/mol. The van der Waals surface area contributed by atoms with Gasteiger partial charge in [0.25, 0.3) is 0 Å². The molecule has 1 aliphatic rings. The maximum absolute atomic E-state index is 8.73. The summed E-state index contributed by atoms with van der Waals surface area (Å²) in [7, 11) is 0. The van der Waals surface area contributed by atoms with Crippen molar-refractivity contribution in [1.82, 2.24) is 0 Å². The number of aliphatic hydroxyl groups excluding tert-OH is 1. The SMILES string of the molecule is CC(O)=C1C#CC#C1. The number of hydrogen-bond acceptors (Lipinski definition) is 1. The first-order chi connectivity index (χ1) is 3.80. The van der Waals surface area contributed by atoms with E-state index in [1.54, 1.807) is 6.92 Å². The molecule has 0 fully saturated rings. The summed E-state index contributed by atoms with van der Waals surface area (Å²) in [5.41, 5.74) is 0.546. The Labute approximate surface area is 48.0 Å². The normalized spacial score (nSPS) is 11.4. The average Bonchev–Trinajstić information content (AvgIpc) is 2.12. The van der Waals surface area contributed by atoms with Crippen molar-refractivity contribution in [2.75, 3.05) is 0 Å². The summed E-state index contributed by atoms with van der Waals surface area (Å²) in [6.45, 7) is 1.57. The van der Waals surface area contributed by atoms with E-state index in [1.807, 2.05) is 0 Å². The largest absolute Gasteiger partial charge is 0.511 e. The molecule has 0 unspecified atom stereocenters. The van der Waals surface area contributed by atoms with Gasteiger partial charge in [0.15, 0.2) is 0 Å². The van der Waals surface area contributed by atoms with Crippen molar-refractivity contribution in [3.8, 4) is 23.7 Å². The molecule has 0 heterocycles. The summed E-state index contributed by atoms with van der Waals surface area (Å²) in [5, 5.41) is 8.73. The van der Waals surface area contributed by atoms with Gasteiger partial charge in [-0.15, -0.1) is 0 Å². The number of hydrogen-bond donors (Lipinski definition) is 1. The first-order valence-corrected chi connectivity index (χ1v) is 2.22. The minimum atomic E-state index is 0.211. The highest BCUT2D eigenvalue weighted by Gasteiger charge is 1.93. The molecule has 0 atom stereocenters. The van der Waals surface area contributed by atoms with E-state index in [0.717, 1.165) is 0 Å². The first-order valence-electron chi connectivity index (χ1n) is 2.22. The van der Waals surface area contributed by atoms with E-state index >= 15 is 0 Å². The second kappa shape index (κ2) is 1.64. The molecule has 0 spiro atoms. The maximum Gasteiger partial charge on any atom is 0.113 e. The maximum atomic E-state index is 8.73. The third kappa shape index (κ3) is 0.669. The molecule has 0 radical (unpaired) electrons. The van der Waals surface area contributed by atoms with E-state index < -0.39 is 0 Å². The summed E-state index contributed by atoms with van der Waals surface area (Å²) in [5.74, 6) is 10.5. The van der Waals surface area contributed by atoms with Crippen molar-refractivity contribution in [2.24, 2.45) is 0 Å². The van der Waals surface area contributed by atoms with E-state index in [1.165, 1.54) is 0 Å². The molecule has 1 nitrogen and oxygen atoms in total. The summed E-state index contributed by atoms with van der Waals surface area (Å²) in [4.78, 5) is 0. The van der Waals surface area contributed by atoms with Crippen LogP contribution < -0.4 is 0 Å². The van der Waals surface area contributed by atoms with Crippen LogP contribution in [0.2, 0.25) is 0 Å². The zero-order chi connectivity index (χ0) is 5.98. The Morgan fingerprint density at radius 3 is 2.12 bits per heavy atom. The molecule has 0 bridgehead atoms. The predicted molar refractivity (Wildman–Crippen MR) is 30.9 cm³/mol. The van der Waals surface area contributed by atoms with Crippen molar-refractivity contribution in [2.45, 2.75) is 6.92 Å². The van der Waals surface area contributed by atoms with Gasteiger partial charge >= 0.3 is 0 Å². The minimum absolute atomic E-state index is 0.211. The van der Waals surface area contributed by atoms with Crippen molar-refractivity contribution in [3.63, 3.8) is 0 Å². The van der Waals surface area contributed by atoms with Gasteiger partial charge in [0.2, 0.25) is 0 Å². The van der Waals surface area contributed by atoms with Gasteiger partial charge in [-0.25, -0.2) is 0 Å². The van der Waals surface area contributed by atoms with E-state index in [9.17, 15) is 0 Å². The lowest BCUT2D eigenvalue weighted by molar-refractivity contribution is 0.412. The predicted octanol–water partition coefficient (Wildman–Crippen LogP) is 0.839. The standard InChI is InChI=1S/C7H4O/c1-6(8)7-4-2-3-5-7/h8H,1H3. The zero-order valence-electron chi connectivity index (χ0n) is 4.45. The Balaban J connectivity index is 3.06. The van der Waals surface area contributed by atoms with Crippen molar-refractivity contribution in [1.29, 1.82) is 0 Å². The molecule has 38 valence electrons. The molecule has 0 saturated carbocycles. The van der Waals surface area contributed by atoms with Gasteiger partial charge in [0, 0.05) is 0 Å². The Hall–Kier alpha value is -1.34. The summed E-state index contributed by atoms with van der Waals surface area (Å²) >= 11 is 0. The second-order valence-corrected chi connectivity index (χ2v) is 1.46. The van der Waals surface area contributed by atoms with E-state index in [4.69, 9.17) is 5.11 Å². The highest BCUT2D eigenvalue weighted by molar-refractivity contribution is 5.56. The van der Waals surface area contributed by atoms with Crippen LogP contribution in [0.15, 0.2) is 11.3 Å². The number of aliphatic hydroxyl groups is 1. The molecular weight excluding hydrogens is 100 g/mol. The highest BCUT2D eigenvalue weighted by Crippen LogP contribution is 1.98. The monoisotopic (exact) mass is 104 g/mol. The number of allylic oxidation sites excluding steroid dienone is 2. The van der Waals surface area contributed by atoms with Gasteiger partial charge in [-0.1, -0.05) is 0 Å². The molecule has 1 heteroatoms. The zero-order valence-corrected chi connectivity index (χ0v) is 4.45. The molecule has 1 aliphatic carbocycles. The van der Waals surface area contributed by atoms with Crippen LogP contribution in [-0.4, -0.2) is 5.11 Å². The lowest BCUT2D eigenvalue weighted by atomic mass is 10.3. The van der Waals surface area contributed by atoms with E-state index in [0.29, 0.717) is 5.57 Å². The summed E-state index contributed by atoms with van der Waals surface area (Å²) < 4.78 is 0. The fourth-order valence-corrected chi connectivity index (χ4v) is 0.400. The smallest absolute Gasteiger partial charge is 0.113 e. The van der Waals surface area contributed by atoms with Crippen LogP contribution in [0, 0.1) is 23.7 Å². The van der Waals surface area contributed by atoms with Gasteiger partial charge in [-0.05, 0) is 30.6 Å². The molecule has 0 aromatic carbocycles. The van der Waals surface area contributed by atoms with Crippen LogP contribution in [0.5, 0.6) is 0 Å². The molecule has 1 N–H and O–H groups in total. The Morgan fingerprint density at radius 1 is 1.38 bits per heavy atom. The quantitative estimate of drug-likeness (QED) is 0.356. The Morgan fingerprint density at radius 2 is 1.88 bits per heavy atom. The van der Waals surface area contributed by atoms with Crippen molar-refractivity contribution in [3.05, 3.63) is 11.3 Å². The summed E-state index contributed by atoms with van der Waals surface area (Å²) in [6, 6.07) is 0. The van der Waals surface area contributed by atoms with E-state index in [-0.39, 0.29) is 5.76 Å². The molecule has 0 aliphatic heterocycles. The van der Waals surface area contributed by atoms with E-state index in [2.05, 4.69) is 23.7 Å². The molecular formula is C7H4O. The molecule has 0 saturated heterocycles. The molecule has 1 rings (SSSR count). The van der Waals surface area contributed by atoms with Crippen LogP contribution in [0.4, 0.5) is 0 Å². The fourth-order valence-electron chi connectivity index (χ4n) is 0.400. The van der Waals surface area contributed by atoms with Gasteiger partial charge < -0.3 is 5.11 Å². The van der Waals surface area contributed by atoms with Crippen LogP contribution in [0.1, 0.15) is 6.92 Å². The van der Waals surface area contributed by atoms with Crippen molar-refractivity contribution >= 4 is 0 Å². The Kier molecular flexibility index (Phi) is 0.985. The van der Waals surface area contributed by atoms with Gasteiger partial charge in [-0.2, -0.15) is 0 Å². The third-order valence-corrected chi connectivity index (χ3v) is 0.799. The van der Waals surface area contributed by atoms with Gasteiger partial charge in [0.05, 0.1) is 0 Å². The van der Waals surface area contributed by atoms with Crippen LogP contribution in [-0.2, 0) is 0 Å². The van der Waals surface area contributed by atoms with Crippen LogP contribution >= 0.6 is 0 Å². The molecule has 0 amide bonds. The topological polar surface area (TPSA) is 20.2 Å². The van der Waals surface area contributed by atoms with Crippen LogP contribution in [0.3, 0.4) is 0 Å². The molecule has 0 aromatic rings. The van der Waals surface area contributed by atoms with Gasteiger partial charge in [0.1, 0.15) is 11.3 Å². The van der Waals surface area contributed by atoms with Crippen LogP contribution in [0.25, 0.3) is 0 Å². The highest BCUT2D eigenvalue weighted by atomic mass is 16.3. The summed E-state index contributed by atoms with van der Waals surface area (Å²) in [6.07, 6.45) is 0. The lowest BCUT2D eigenvalue weighted by Gasteiger charge is -1.84. The molecule has 8 heavy (non-hydrogen) atoms. The second-order valence-electron chi connectivity index (χ2n) is 1.46. The third-order valence-electron chi connectivity index (χ3n) is 0.799. The Bertz CT molecular complexity index is 224. The van der Waals surface area contributed by atoms with Gasteiger partial charge in [-0.3, -0.25) is 0 Å². The molecule has 0 aromatic heterocycles. The number of rotatable bonds is 0. The first kappa shape index (κ1) is 4.81. The minimum Gasteiger partial charge on any atom is -0.511 e.